The molecule has 5 rings (SSSR count). The fourth-order valence-corrected chi connectivity index (χ4v) is 4.66. The number of hydrogen-bond acceptors (Lipinski definition) is 6. The number of rotatable bonds is 4. The van der Waals surface area contributed by atoms with Gasteiger partial charge in [0.1, 0.15) is 5.60 Å². The number of carbonyl (C=O) groups is 2. The van der Waals surface area contributed by atoms with E-state index in [1.807, 2.05) is 25.7 Å². The van der Waals surface area contributed by atoms with Crippen LogP contribution in [0.25, 0.3) is 5.69 Å². The number of piperidine rings is 2. The van der Waals surface area contributed by atoms with Crippen LogP contribution < -0.4 is 5.32 Å². The van der Waals surface area contributed by atoms with Gasteiger partial charge in [-0.2, -0.15) is 20.3 Å². The van der Waals surface area contributed by atoms with Gasteiger partial charge in [-0.1, -0.05) is 6.92 Å². The molecule has 3 aliphatic rings. The molecule has 1 N–H and O–H groups in total. The minimum Gasteiger partial charge on any atom is -0.444 e. The molecular weight excluding hydrogens is 408 g/mol. The molecule has 9 heteroatoms. The highest BCUT2D eigenvalue weighted by Gasteiger charge is 2.51. The molecule has 2 aromatic rings. The van der Waals surface area contributed by atoms with Gasteiger partial charge in [0, 0.05) is 12.6 Å². The zero-order valence-electron chi connectivity index (χ0n) is 18.8. The maximum absolute atomic E-state index is 13.9. The molecule has 1 aromatic carbocycles. The van der Waals surface area contributed by atoms with Crippen molar-refractivity contribution >= 4 is 12.0 Å². The Hall–Kier alpha value is -3.41. The predicted molar refractivity (Wildman–Crippen MR) is 116 cm³/mol. The molecule has 0 radical (unpaired) electrons. The summed E-state index contributed by atoms with van der Waals surface area (Å²) in [5.41, 5.74) is 0.694. The van der Waals surface area contributed by atoms with Crippen LogP contribution in [0.2, 0.25) is 0 Å². The first-order valence-corrected chi connectivity index (χ1v) is 10.9. The second kappa shape index (κ2) is 8.26. The Morgan fingerprint density at radius 1 is 1.25 bits per heavy atom. The van der Waals surface area contributed by atoms with E-state index in [0.29, 0.717) is 29.3 Å². The SMILES string of the molecule is C[C@@H]1C2CC(C2)N(C(=O)c2cc(C#N)ccc2-n2nccn2)[C@@H]1CNC(=O)OC(C)(C)C. The van der Waals surface area contributed by atoms with E-state index in [0.717, 1.165) is 12.8 Å². The number of nitrogens with one attached hydrogen (secondary N) is 1. The van der Waals surface area contributed by atoms with Crippen molar-refractivity contribution in [2.45, 2.75) is 58.2 Å². The van der Waals surface area contributed by atoms with Crippen molar-refractivity contribution in [3.05, 3.63) is 41.7 Å². The van der Waals surface area contributed by atoms with E-state index < -0.39 is 11.7 Å². The molecule has 2 atom stereocenters. The van der Waals surface area contributed by atoms with E-state index >= 15 is 0 Å². The highest BCUT2D eigenvalue weighted by molar-refractivity contribution is 5.98. The standard InChI is InChI=1S/C23H28N6O3/c1-14-16-10-17(11-16)28(20(14)13-25-22(31)32-23(2,3)4)21(30)18-9-15(12-24)5-6-19(18)29-26-7-8-27-29/h5-9,14,16-17,20H,10-11,13H2,1-4H3,(H,25,31)/t14-,16?,17?,20-/m1/s1. The number of alkyl carbamates (subject to hydrolysis) is 1. The lowest BCUT2D eigenvalue weighted by Crippen LogP contribution is -2.65. The highest BCUT2D eigenvalue weighted by Crippen LogP contribution is 2.47. The van der Waals surface area contributed by atoms with Gasteiger partial charge >= 0.3 is 6.09 Å². The first-order chi connectivity index (χ1) is 15.2. The smallest absolute Gasteiger partial charge is 0.407 e. The van der Waals surface area contributed by atoms with Crippen LogP contribution in [0.4, 0.5) is 4.79 Å². The van der Waals surface area contributed by atoms with Gasteiger partial charge in [-0.3, -0.25) is 4.79 Å². The summed E-state index contributed by atoms with van der Waals surface area (Å²) < 4.78 is 5.37. The van der Waals surface area contributed by atoms with Crippen LogP contribution in [-0.4, -0.2) is 56.1 Å². The maximum Gasteiger partial charge on any atom is 0.407 e. The largest absolute Gasteiger partial charge is 0.444 e. The monoisotopic (exact) mass is 436 g/mol. The molecule has 0 spiro atoms. The van der Waals surface area contributed by atoms with Crippen LogP contribution in [0.1, 0.15) is 56.5 Å². The average Bonchev–Trinajstić information content (AvgIpc) is 3.24. The number of aromatic nitrogens is 3. The Labute approximate surface area is 187 Å². The Morgan fingerprint density at radius 2 is 1.94 bits per heavy atom. The minimum absolute atomic E-state index is 0.110. The number of nitrogens with zero attached hydrogens (tertiary/aromatic N) is 5. The molecule has 2 aliphatic heterocycles. The van der Waals surface area contributed by atoms with E-state index in [1.165, 1.54) is 4.80 Å². The third-order valence-corrected chi connectivity index (χ3v) is 6.33. The summed E-state index contributed by atoms with van der Waals surface area (Å²) in [5.74, 6) is 0.580. The Morgan fingerprint density at radius 3 is 2.56 bits per heavy atom. The number of amides is 2. The first kappa shape index (κ1) is 21.8. The molecule has 3 heterocycles. The van der Waals surface area contributed by atoms with Crippen LogP contribution in [0, 0.1) is 23.2 Å². The zero-order chi connectivity index (χ0) is 23.0. The van der Waals surface area contributed by atoms with Crippen LogP contribution in [-0.2, 0) is 4.74 Å². The van der Waals surface area contributed by atoms with Crippen molar-refractivity contribution in [3.63, 3.8) is 0 Å². The number of nitriles is 1. The van der Waals surface area contributed by atoms with Crippen LogP contribution >= 0.6 is 0 Å². The van der Waals surface area contributed by atoms with Crippen molar-refractivity contribution in [1.82, 2.24) is 25.2 Å². The Bertz CT molecular complexity index is 1050. The second-order valence-corrected chi connectivity index (χ2v) is 9.57. The molecule has 9 nitrogen and oxygen atoms in total. The Balaban J connectivity index is 1.63. The van der Waals surface area contributed by atoms with Crippen LogP contribution in [0.3, 0.4) is 0 Å². The second-order valence-electron chi connectivity index (χ2n) is 9.57. The summed E-state index contributed by atoms with van der Waals surface area (Å²) in [7, 11) is 0. The van der Waals surface area contributed by atoms with Crippen molar-refractivity contribution < 1.29 is 14.3 Å². The van der Waals surface area contributed by atoms with Crippen LogP contribution in [0.5, 0.6) is 0 Å². The maximum atomic E-state index is 13.9. The van der Waals surface area contributed by atoms with Gasteiger partial charge in [0.2, 0.25) is 0 Å². The molecule has 2 bridgehead atoms. The van der Waals surface area contributed by atoms with Gasteiger partial charge in [0.15, 0.2) is 0 Å². The van der Waals surface area contributed by atoms with Crippen molar-refractivity contribution in [2.75, 3.05) is 6.54 Å². The van der Waals surface area contributed by atoms with Gasteiger partial charge in [-0.15, -0.1) is 0 Å². The molecule has 168 valence electrons. The molecule has 2 saturated heterocycles. The number of fused-ring (bicyclic) bond motifs is 2. The van der Waals surface area contributed by atoms with Crippen molar-refractivity contribution in [2.24, 2.45) is 11.8 Å². The van der Waals surface area contributed by atoms with Crippen LogP contribution in [0.15, 0.2) is 30.6 Å². The summed E-state index contributed by atoms with van der Waals surface area (Å²) in [6.45, 7) is 7.88. The molecule has 32 heavy (non-hydrogen) atoms. The molecule has 1 aliphatic carbocycles. The molecule has 3 fully saturated rings. The normalized spacial score (nSPS) is 24.3. The van der Waals surface area contributed by atoms with Crippen molar-refractivity contribution in [3.8, 4) is 11.8 Å². The third kappa shape index (κ3) is 4.17. The number of carbonyl (C=O) groups excluding carboxylic acids is 2. The fraction of sp³-hybridized carbons (Fsp3) is 0.522. The molecule has 2 amide bonds. The molecular formula is C23H28N6O3. The van der Waals surface area contributed by atoms with E-state index in [4.69, 9.17) is 4.74 Å². The third-order valence-electron chi connectivity index (χ3n) is 6.33. The zero-order valence-corrected chi connectivity index (χ0v) is 18.8. The average molecular weight is 437 g/mol. The van der Waals surface area contributed by atoms with E-state index in [9.17, 15) is 14.9 Å². The minimum atomic E-state index is -0.594. The lowest BCUT2D eigenvalue weighted by atomic mass is 9.64. The molecule has 1 aromatic heterocycles. The predicted octanol–water partition coefficient (Wildman–Crippen LogP) is 2.90. The van der Waals surface area contributed by atoms with E-state index in [1.54, 1.807) is 30.6 Å². The van der Waals surface area contributed by atoms with E-state index in [2.05, 4.69) is 28.5 Å². The van der Waals surface area contributed by atoms with Gasteiger partial charge in [-0.05, 0) is 63.6 Å². The number of benzene rings is 1. The lowest BCUT2D eigenvalue weighted by Gasteiger charge is -2.57. The highest BCUT2D eigenvalue weighted by atomic mass is 16.6. The summed E-state index contributed by atoms with van der Waals surface area (Å²) >= 11 is 0. The number of hydrogen-bond donors (Lipinski definition) is 1. The number of ether oxygens (including phenoxy) is 1. The summed E-state index contributed by atoms with van der Waals surface area (Å²) in [6, 6.07) is 6.98. The first-order valence-electron chi connectivity index (χ1n) is 10.9. The lowest BCUT2D eigenvalue weighted by molar-refractivity contribution is -0.0544. The molecule has 1 saturated carbocycles. The summed E-state index contributed by atoms with van der Waals surface area (Å²) in [6.07, 6.45) is 4.48. The van der Waals surface area contributed by atoms with E-state index in [-0.39, 0.29) is 23.9 Å². The summed E-state index contributed by atoms with van der Waals surface area (Å²) in [4.78, 5) is 29.4. The van der Waals surface area contributed by atoms with Gasteiger partial charge in [-0.25, -0.2) is 4.79 Å². The topological polar surface area (TPSA) is 113 Å². The van der Waals surface area contributed by atoms with Crippen molar-refractivity contribution in [1.29, 1.82) is 5.26 Å². The quantitative estimate of drug-likeness (QED) is 0.788. The summed E-state index contributed by atoms with van der Waals surface area (Å²) in [5, 5.41) is 20.6. The van der Waals surface area contributed by atoms with Gasteiger partial charge in [0.05, 0.1) is 41.3 Å². The Kier molecular flexibility index (Phi) is 5.63. The fourth-order valence-electron chi connectivity index (χ4n) is 4.66. The van der Waals surface area contributed by atoms with Gasteiger partial charge < -0.3 is 15.0 Å². The van der Waals surface area contributed by atoms with Gasteiger partial charge in [0.25, 0.3) is 5.91 Å². The molecule has 0 unspecified atom stereocenters.